The molecule has 20 heavy (non-hydrogen) atoms. The summed E-state index contributed by atoms with van der Waals surface area (Å²) >= 11 is 6.01. The molecule has 0 bridgehead atoms. The highest BCUT2D eigenvalue weighted by Gasteiger charge is 2.14. The van der Waals surface area contributed by atoms with Crippen LogP contribution in [0.5, 0.6) is 0 Å². The summed E-state index contributed by atoms with van der Waals surface area (Å²) in [4.78, 5) is 2.01. The normalized spacial score (nSPS) is 12.2. The molecule has 0 radical (unpaired) electrons. The van der Waals surface area contributed by atoms with E-state index in [1.165, 1.54) is 6.07 Å². The SMILES string of the molecule is CC(c1cccc(Cl)c1)N(C)c1ccc(CN)c(F)c1. The first-order chi connectivity index (χ1) is 9.52. The topological polar surface area (TPSA) is 29.3 Å². The number of nitrogens with zero attached hydrogens (tertiary/aromatic N) is 1. The molecule has 1 atom stereocenters. The van der Waals surface area contributed by atoms with Gasteiger partial charge in [0.05, 0.1) is 6.04 Å². The summed E-state index contributed by atoms with van der Waals surface area (Å²) in [7, 11) is 1.93. The molecule has 2 rings (SSSR count). The minimum Gasteiger partial charge on any atom is -0.368 e. The lowest BCUT2D eigenvalue weighted by molar-refractivity contribution is 0.608. The molecule has 4 heteroatoms. The van der Waals surface area contributed by atoms with Gasteiger partial charge in [-0.1, -0.05) is 29.8 Å². The Morgan fingerprint density at radius 2 is 2.00 bits per heavy atom. The second kappa shape index (κ2) is 6.25. The maximum atomic E-state index is 13.8. The van der Waals surface area contributed by atoms with E-state index in [1.54, 1.807) is 6.07 Å². The van der Waals surface area contributed by atoms with Gasteiger partial charge in [0.2, 0.25) is 0 Å². The predicted octanol–water partition coefficient (Wildman–Crippen LogP) is 4.14. The highest BCUT2D eigenvalue weighted by Crippen LogP contribution is 2.27. The number of hydrogen-bond donors (Lipinski definition) is 1. The number of anilines is 1. The Labute approximate surface area is 124 Å². The molecule has 0 amide bonds. The number of nitrogens with two attached hydrogens (primary N) is 1. The van der Waals surface area contributed by atoms with E-state index in [0.29, 0.717) is 10.6 Å². The van der Waals surface area contributed by atoms with E-state index < -0.39 is 0 Å². The van der Waals surface area contributed by atoms with Gasteiger partial charge in [-0.2, -0.15) is 0 Å². The van der Waals surface area contributed by atoms with Crippen LogP contribution in [0.2, 0.25) is 5.02 Å². The quantitative estimate of drug-likeness (QED) is 0.918. The molecule has 2 N–H and O–H groups in total. The molecule has 0 aliphatic carbocycles. The Bertz CT molecular complexity index is 601. The summed E-state index contributed by atoms with van der Waals surface area (Å²) in [5.41, 5.74) is 7.90. The molecule has 1 unspecified atom stereocenters. The molecule has 0 aliphatic rings. The van der Waals surface area contributed by atoms with Crippen LogP contribution in [0.1, 0.15) is 24.1 Å². The molecular formula is C16H18ClFN2. The summed E-state index contributed by atoms with van der Waals surface area (Å²) in [5.74, 6) is -0.268. The van der Waals surface area contributed by atoms with Crippen LogP contribution in [0.4, 0.5) is 10.1 Å². The fourth-order valence-electron chi connectivity index (χ4n) is 2.13. The fourth-order valence-corrected chi connectivity index (χ4v) is 2.33. The molecule has 0 heterocycles. The Kier molecular flexibility index (Phi) is 4.63. The van der Waals surface area contributed by atoms with Crippen molar-refractivity contribution >= 4 is 17.3 Å². The third-order valence-electron chi connectivity index (χ3n) is 3.58. The van der Waals surface area contributed by atoms with Crippen molar-refractivity contribution in [2.45, 2.75) is 19.5 Å². The van der Waals surface area contributed by atoms with Crippen LogP contribution < -0.4 is 10.6 Å². The van der Waals surface area contributed by atoms with Gasteiger partial charge in [-0.15, -0.1) is 0 Å². The van der Waals surface area contributed by atoms with Gasteiger partial charge in [0.25, 0.3) is 0 Å². The Morgan fingerprint density at radius 1 is 1.25 bits per heavy atom. The minimum atomic E-state index is -0.268. The number of rotatable bonds is 4. The second-order valence-corrected chi connectivity index (χ2v) is 5.26. The van der Waals surface area contributed by atoms with Gasteiger partial charge in [-0.25, -0.2) is 4.39 Å². The minimum absolute atomic E-state index is 0.0943. The van der Waals surface area contributed by atoms with E-state index in [0.717, 1.165) is 11.3 Å². The van der Waals surface area contributed by atoms with Crippen LogP contribution in [-0.2, 0) is 6.54 Å². The Morgan fingerprint density at radius 3 is 2.60 bits per heavy atom. The molecule has 2 aromatic rings. The molecule has 0 aromatic heterocycles. The van der Waals surface area contributed by atoms with Crippen molar-refractivity contribution in [1.82, 2.24) is 0 Å². The molecule has 0 aliphatic heterocycles. The number of benzene rings is 2. The third-order valence-corrected chi connectivity index (χ3v) is 3.81. The molecule has 0 saturated carbocycles. The number of halogens is 2. The van der Waals surface area contributed by atoms with Crippen molar-refractivity contribution in [3.05, 3.63) is 64.4 Å². The molecule has 0 saturated heterocycles. The van der Waals surface area contributed by atoms with Crippen molar-refractivity contribution in [3.63, 3.8) is 0 Å². The smallest absolute Gasteiger partial charge is 0.129 e. The fraction of sp³-hybridized carbons (Fsp3) is 0.250. The predicted molar refractivity (Wildman–Crippen MR) is 82.6 cm³/mol. The standard InChI is InChI=1S/C16H18ClFN2/c1-11(12-4-3-5-14(17)8-12)20(2)15-7-6-13(10-19)16(18)9-15/h3-9,11H,10,19H2,1-2H3. The van der Waals surface area contributed by atoms with Gasteiger partial charge < -0.3 is 10.6 Å². The third kappa shape index (κ3) is 3.11. The van der Waals surface area contributed by atoms with Crippen LogP contribution >= 0.6 is 11.6 Å². The molecular weight excluding hydrogens is 275 g/mol. The van der Waals surface area contributed by atoms with Crippen molar-refractivity contribution < 1.29 is 4.39 Å². The van der Waals surface area contributed by atoms with E-state index >= 15 is 0 Å². The Hall–Kier alpha value is -1.58. The van der Waals surface area contributed by atoms with E-state index in [-0.39, 0.29) is 18.4 Å². The zero-order valence-electron chi connectivity index (χ0n) is 11.6. The van der Waals surface area contributed by atoms with Crippen LogP contribution in [0.25, 0.3) is 0 Å². The van der Waals surface area contributed by atoms with Crippen molar-refractivity contribution in [1.29, 1.82) is 0 Å². The van der Waals surface area contributed by atoms with Crippen LogP contribution in [0.15, 0.2) is 42.5 Å². The molecule has 0 spiro atoms. The first kappa shape index (κ1) is 14.8. The van der Waals surface area contributed by atoms with Gasteiger partial charge in [-0.05, 0) is 36.8 Å². The lowest BCUT2D eigenvalue weighted by Crippen LogP contribution is -2.21. The summed E-state index contributed by atoms with van der Waals surface area (Å²) in [5, 5.41) is 0.701. The molecule has 0 fully saturated rings. The average molecular weight is 293 g/mol. The lowest BCUT2D eigenvalue weighted by Gasteiger charge is -2.28. The van der Waals surface area contributed by atoms with Gasteiger partial charge in [0.15, 0.2) is 0 Å². The van der Waals surface area contributed by atoms with E-state index in [1.807, 2.05) is 42.3 Å². The zero-order chi connectivity index (χ0) is 14.7. The van der Waals surface area contributed by atoms with Crippen LogP contribution in [0.3, 0.4) is 0 Å². The van der Waals surface area contributed by atoms with Gasteiger partial charge >= 0.3 is 0 Å². The highest BCUT2D eigenvalue weighted by atomic mass is 35.5. The summed E-state index contributed by atoms with van der Waals surface area (Å²) in [6, 6.07) is 12.9. The number of hydrogen-bond acceptors (Lipinski definition) is 2. The summed E-state index contributed by atoms with van der Waals surface area (Å²) in [6.07, 6.45) is 0. The van der Waals surface area contributed by atoms with Crippen molar-refractivity contribution in [2.24, 2.45) is 5.73 Å². The average Bonchev–Trinajstić information content (AvgIpc) is 2.45. The summed E-state index contributed by atoms with van der Waals surface area (Å²) < 4.78 is 13.8. The van der Waals surface area contributed by atoms with Gasteiger partial charge in [0.1, 0.15) is 5.82 Å². The van der Waals surface area contributed by atoms with Crippen molar-refractivity contribution in [2.75, 3.05) is 11.9 Å². The largest absolute Gasteiger partial charge is 0.368 e. The first-order valence-electron chi connectivity index (χ1n) is 6.49. The second-order valence-electron chi connectivity index (χ2n) is 4.82. The molecule has 2 aromatic carbocycles. The highest BCUT2D eigenvalue weighted by molar-refractivity contribution is 6.30. The van der Waals surface area contributed by atoms with Crippen molar-refractivity contribution in [3.8, 4) is 0 Å². The van der Waals surface area contributed by atoms with Crippen LogP contribution in [0, 0.1) is 5.82 Å². The monoisotopic (exact) mass is 292 g/mol. The van der Waals surface area contributed by atoms with E-state index in [2.05, 4.69) is 6.92 Å². The van der Waals surface area contributed by atoms with Gasteiger partial charge in [-0.3, -0.25) is 0 Å². The maximum absolute atomic E-state index is 13.8. The van der Waals surface area contributed by atoms with Gasteiger partial charge in [0, 0.05) is 29.9 Å². The maximum Gasteiger partial charge on any atom is 0.129 e. The van der Waals surface area contributed by atoms with E-state index in [4.69, 9.17) is 17.3 Å². The van der Waals surface area contributed by atoms with Crippen LogP contribution in [-0.4, -0.2) is 7.05 Å². The Balaban J connectivity index is 2.26. The summed E-state index contributed by atoms with van der Waals surface area (Å²) in [6.45, 7) is 2.26. The first-order valence-corrected chi connectivity index (χ1v) is 6.87. The lowest BCUT2D eigenvalue weighted by atomic mass is 10.1. The molecule has 106 valence electrons. The zero-order valence-corrected chi connectivity index (χ0v) is 12.4. The van der Waals surface area contributed by atoms with E-state index in [9.17, 15) is 4.39 Å². The molecule has 2 nitrogen and oxygen atoms in total.